The predicted octanol–water partition coefficient (Wildman–Crippen LogP) is 3.72. The molecule has 0 aromatic heterocycles. The smallest absolute Gasteiger partial charge is 0.139 e. The Morgan fingerprint density at radius 3 is 2.75 bits per heavy atom. The number of rotatable bonds is 5. The van der Waals surface area contributed by atoms with Gasteiger partial charge in [0.25, 0.3) is 0 Å². The molecular formula is C11H12Cl2N2O. The molecule has 0 aliphatic rings. The highest BCUT2D eigenvalue weighted by molar-refractivity contribution is 6.36. The average molecular weight is 259 g/mol. The van der Waals surface area contributed by atoms with E-state index in [9.17, 15) is 0 Å². The zero-order valence-electron chi connectivity index (χ0n) is 8.89. The van der Waals surface area contributed by atoms with Crippen LogP contribution in [-0.2, 0) is 0 Å². The Hall–Kier alpha value is -1.11. The summed E-state index contributed by atoms with van der Waals surface area (Å²) in [6, 6.07) is 5.46. The summed E-state index contributed by atoms with van der Waals surface area (Å²) in [7, 11) is 1.54. The van der Waals surface area contributed by atoms with Crippen LogP contribution in [0.3, 0.4) is 0 Å². The first kappa shape index (κ1) is 13.0. The second-order valence-electron chi connectivity index (χ2n) is 3.16. The minimum Gasteiger partial charge on any atom is -0.495 e. The Kier molecular flexibility index (Phi) is 5.24. The molecule has 86 valence electrons. The van der Waals surface area contributed by atoms with Crippen molar-refractivity contribution >= 4 is 28.9 Å². The van der Waals surface area contributed by atoms with Gasteiger partial charge in [0.1, 0.15) is 5.75 Å². The van der Waals surface area contributed by atoms with Gasteiger partial charge in [0.2, 0.25) is 0 Å². The Morgan fingerprint density at radius 2 is 2.12 bits per heavy atom. The highest BCUT2D eigenvalue weighted by atomic mass is 35.5. The third-order valence-corrected chi connectivity index (χ3v) is 2.63. The van der Waals surface area contributed by atoms with Gasteiger partial charge in [-0.25, -0.2) is 0 Å². The molecule has 0 saturated carbocycles. The highest BCUT2D eigenvalue weighted by Crippen LogP contribution is 2.33. The molecule has 1 N–H and O–H groups in total. The molecule has 0 saturated heterocycles. The lowest BCUT2D eigenvalue weighted by atomic mass is 10.2. The van der Waals surface area contributed by atoms with Crippen molar-refractivity contribution in [1.29, 1.82) is 5.26 Å². The van der Waals surface area contributed by atoms with Crippen molar-refractivity contribution in [3.8, 4) is 11.8 Å². The number of unbranched alkanes of at least 4 members (excludes halogenated alkanes) is 1. The fourth-order valence-electron chi connectivity index (χ4n) is 1.21. The summed E-state index contributed by atoms with van der Waals surface area (Å²) < 4.78 is 5.04. The summed E-state index contributed by atoms with van der Waals surface area (Å²) in [4.78, 5) is 0. The van der Waals surface area contributed by atoms with Crippen molar-refractivity contribution in [1.82, 2.24) is 0 Å². The lowest BCUT2D eigenvalue weighted by molar-refractivity contribution is 0.415. The largest absolute Gasteiger partial charge is 0.495 e. The minimum atomic E-state index is 0.509. The Morgan fingerprint density at radius 1 is 1.38 bits per heavy atom. The molecule has 0 spiro atoms. The lowest BCUT2D eigenvalue weighted by Crippen LogP contribution is -2.01. The van der Waals surface area contributed by atoms with Gasteiger partial charge in [0.05, 0.1) is 28.9 Å². The second-order valence-corrected chi connectivity index (χ2v) is 3.97. The fourth-order valence-corrected chi connectivity index (χ4v) is 1.67. The number of hydrogen-bond donors (Lipinski definition) is 1. The SMILES string of the molecule is COc1cc(Cl)c(NCCCC#N)cc1Cl. The summed E-state index contributed by atoms with van der Waals surface area (Å²) >= 11 is 12.0. The van der Waals surface area contributed by atoms with Crippen LogP contribution in [0.2, 0.25) is 10.0 Å². The molecule has 1 aromatic rings. The van der Waals surface area contributed by atoms with Gasteiger partial charge in [-0.05, 0) is 12.5 Å². The number of benzene rings is 1. The van der Waals surface area contributed by atoms with Crippen molar-refractivity contribution in [3.05, 3.63) is 22.2 Å². The molecule has 0 fully saturated rings. The van der Waals surface area contributed by atoms with Gasteiger partial charge in [-0.1, -0.05) is 23.2 Å². The number of halogens is 2. The summed E-state index contributed by atoms with van der Waals surface area (Å²) in [5, 5.41) is 12.6. The Labute approximate surface area is 105 Å². The van der Waals surface area contributed by atoms with E-state index in [4.69, 9.17) is 33.2 Å². The summed E-state index contributed by atoms with van der Waals surface area (Å²) in [5.74, 6) is 0.550. The summed E-state index contributed by atoms with van der Waals surface area (Å²) in [5.41, 5.74) is 0.755. The van der Waals surface area contributed by atoms with E-state index in [-0.39, 0.29) is 0 Å². The molecule has 0 amide bonds. The molecule has 0 atom stereocenters. The predicted molar refractivity (Wildman–Crippen MR) is 66.4 cm³/mol. The van der Waals surface area contributed by atoms with Crippen LogP contribution in [-0.4, -0.2) is 13.7 Å². The van der Waals surface area contributed by atoms with Gasteiger partial charge in [-0.2, -0.15) is 5.26 Å². The van der Waals surface area contributed by atoms with E-state index >= 15 is 0 Å². The van der Waals surface area contributed by atoms with Crippen molar-refractivity contribution in [2.75, 3.05) is 19.0 Å². The maximum atomic E-state index is 8.39. The number of nitriles is 1. The number of hydrogen-bond acceptors (Lipinski definition) is 3. The minimum absolute atomic E-state index is 0.509. The number of nitrogens with one attached hydrogen (secondary N) is 1. The number of anilines is 1. The molecule has 0 aliphatic heterocycles. The summed E-state index contributed by atoms with van der Waals surface area (Å²) in [6.45, 7) is 0.690. The highest BCUT2D eigenvalue weighted by Gasteiger charge is 2.06. The lowest BCUT2D eigenvalue weighted by Gasteiger charge is -2.10. The molecule has 0 radical (unpaired) electrons. The fraction of sp³-hybridized carbons (Fsp3) is 0.364. The molecule has 0 unspecified atom stereocenters. The zero-order chi connectivity index (χ0) is 12.0. The van der Waals surface area contributed by atoms with E-state index in [1.54, 1.807) is 12.1 Å². The van der Waals surface area contributed by atoms with Crippen LogP contribution < -0.4 is 10.1 Å². The van der Waals surface area contributed by atoms with Crippen LogP contribution in [0.1, 0.15) is 12.8 Å². The standard InChI is InChI=1S/C11H12Cl2N2O/c1-16-11-7-8(12)10(6-9(11)13)15-5-3-2-4-14/h6-7,15H,2-3,5H2,1H3. The van der Waals surface area contributed by atoms with Gasteiger partial charge in [0, 0.05) is 19.0 Å². The van der Waals surface area contributed by atoms with E-state index in [0.29, 0.717) is 28.8 Å². The molecule has 1 aromatic carbocycles. The van der Waals surface area contributed by atoms with Crippen LogP contribution >= 0.6 is 23.2 Å². The van der Waals surface area contributed by atoms with Gasteiger partial charge in [-0.15, -0.1) is 0 Å². The van der Waals surface area contributed by atoms with Crippen molar-refractivity contribution < 1.29 is 4.74 Å². The third-order valence-electron chi connectivity index (χ3n) is 2.02. The third kappa shape index (κ3) is 3.48. The van der Waals surface area contributed by atoms with Gasteiger partial charge in [-0.3, -0.25) is 0 Å². The summed E-state index contributed by atoms with van der Waals surface area (Å²) in [6.07, 6.45) is 1.30. The first-order valence-corrected chi connectivity index (χ1v) is 5.58. The molecule has 16 heavy (non-hydrogen) atoms. The molecule has 0 bridgehead atoms. The van der Waals surface area contributed by atoms with Crippen molar-refractivity contribution in [3.63, 3.8) is 0 Å². The topological polar surface area (TPSA) is 45.0 Å². The van der Waals surface area contributed by atoms with Crippen molar-refractivity contribution in [2.45, 2.75) is 12.8 Å². The first-order valence-electron chi connectivity index (χ1n) is 4.83. The van der Waals surface area contributed by atoms with E-state index < -0.39 is 0 Å². The molecule has 3 nitrogen and oxygen atoms in total. The van der Waals surface area contributed by atoms with E-state index in [2.05, 4.69) is 11.4 Å². The molecule has 0 aliphatic carbocycles. The van der Waals surface area contributed by atoms with Gasteiger partial charge in [0.15, 0.2) is 0 Å². The Bertz CT molecular complexity index is 402. The molecule has 0 heterocycles. The number of nitrogens with zero attached hydrogens (tertiary/aromatic N) is 1. The zero-order valence-corrected chi connectivity index (χ0v) is 10.4. The second kappa shape index (κ2) is 6.47. The van der Waals surface area contributed by atoms with Crippen molar-refractivity contribution in [2.24, 2.45) is 0 Å². The van der Waals surface area contributed by atoms with Gasteiger partial charge >= 0.3 is 0 Å². The molecule has 1 rings (SSSR count). The van der Waals surface area contributed by atoms with Crippen LogP contribution in [0.4, 0.5) is 5.69 Å². The van der Waals surface area contributed by atoms with Crippen LogP contribution in [0.5, 0.6) is 5.75 Å². The van der Waals surface area contributed by atoms with Crippen LogP contribution in [0.25, 0.3) is 0 Å². The quantitative estimate of drug-likeness (QED) is 0.819. The molecular weight excluding hydrogens is 247 g/mol. The van der Waals surface area contributed by atoms with E-state index in [1.807, 2.05) is 0 Å². The van der Waals surface area contributed by atoms with E-state index in [0.717, 1.165) is 12.1 Å². The molecule has 5 heteroatoms. The van der Waals surface area contributed by atoms with E-state index in [1.165, 1.54) is 7.11 Å². The maximum absolute atomic E-state index is 8.39. The monoisotopic (exact) mass is 258 g/mol. The maximum Gasteiger partial charge on any atom is 0.139 e. The number of ether oxygens (including phenoxy) is 1. The van der Waals surface area contributed by atoms with Crippen LogP contribution in [0, 0.1) is 11.3 Å². The first-order chi connectivity index (χ1) is 7.69. The Balaban J connectivity index is 2.67. The average Bonchev–Trinajstić information content (AvgIpc) is 2.28. The van der Waals surface area contributed by atoms with Crippen LogP contribution in [0.15, 0.2) is 12.1 Å². The number of methoxy groups -OCH3 is 1. The van der Waals surface area contributed by atoms with Gasteiger partial charge < -0.3 is 10.1 Å². The normalized spacial score (nSPS) is 9.62.